The second-order valence-electron chi connectivity index (χ2n) is 5.78. The van der Waals surface area contributed by atoms with Crippen molar-refractivity contribution < 1.29 is 26.7 Å². The lowest BCUT2D eigenvalue weighted by atomic mass is 10.1. The topological polar surface area (TPSA) is 75.7 Å². The van der Waals surface area contributed by atoms with Gasteiger partial charge in [0.2, 0.25) is 15.9 Å². The Labute approximate surface area is 156 Å². The molecule has 27 heavy (non-hydrogen) atoms. The molecule has 0 heterocycles. The zero-order chi connectivity index (χ0) is 20.0. The van der Waals surface area contributed by atoms with Gasteiger partial charge in [-0.1, -0.05) is 18.2 Å². The van der Waals surface area contributed by atoms with E-state index in [0.717, 1.165) is 24.0 Å². The summed E-state index contributed by atoms with van der Waals surface area (Å²) in [7, 11) is -2.41. The molecular formula is C18H20F2N2O4S. The number of hydrogen-bond donors (Lipinski definition) is 1. The Hall–Kier alpha value is -2.68. The van der Waals surface area contributed by atoms with Crippen molar-refractivity contribution in [1.29, 1.82) is 0 Å². The van der Waals surface area contributed by atoms with Crippen LogP contribution in [0.15, 0.2) is 42.5 Å². The van der Waals surface area contributed by atoms with E-state index < -0.39 is 39.8 Å². The summed E-state index contributed by atoms with van der Waals surface area (Å²) in [5, 5.41) is 2.59. The molecule has 2 rings (SSSR count). The zero-order valence-corrected chi connectivity index (χ0v) is 15.7. The average Bonchev–Trinajstić information content (AvgIpc) is 2.60. The molecule has 9 heteroatoms. The van der Waals surface area contributed by atoms with Crippen LogP contribution in [0.4, 0.5) is 14.5 Å². The lowest BCUT2D eigenvalue weighted by Gasteiger charge is -2.22. The molecule has 1 amide bonds. The summed E-state index contributed by atoms with van der Waals surface area (Å²) < 4.78 is 56.7. The monoisotopic (exact) mass is 398 g/mol. The Bertz CT molecular complexity index is 919. The number of methoxy groups -OCH3 is 1. The van der Waals surface area contributed by atoms with Crippen molar-refractivity contribution in [3.05, 3.63) is 59.7 Å². The predicted molar refractivity (Wildman–Crippen MR) is 98.3 cm³/mol. The standard InChI is InChI=1S/C18H20F2N2O4S/c1-26-17-6-4-3-5-13(17)9-10-21-18(23)12-22(27(2,24)25)16-8-7-14(19)11-15(16)20/h3-8,11H,9-10,12H2,1-2H3,(H,21,23). The maximum absolute atomic E-state index is 13.9. The highest BCUT2D eigenvalue weighted by Crippen LogP contribution is 2.22. The molecule has 0 aliphatic heterocycles. The molecular weight excluding hydrogens is 378 g/mol. The molecule has 2 aromatic carbocycles. The molecule has 0 saturated carbocycles. The number of carbonyl (C=O) groups excluding carboxylic acids is 1. The normalized spacial score (nSPS) is 11.1. The molecule has 0 unspecified atom stereocenters. The van der Waals surface area contributed by atoms with Gasteiger partial charge in [0, 0.05) is 12.6 Å². The van der Waals surface area contributed by atoms with E-state index in [2.05, 4.69) is 5.32 Å². The first-order valence-corrected chi connectivity index (χ1v) is 9.88. The van der Waals surface area contributed by atoms with Crippen LogP contribution in [0.5, 0.6) is 5.75 Å². The van der Waals surface area contributed by atoms with Gasteiger partial charge in [0.05, 0.1) is 19.1 Å². The smallest absolute Gasteiger partial charge is 0.240 e. The summed E-state index contributed by atoms with van der Waals surface area (Å²) in [6.45, 7) is -0.379. The van der Waals surface area contributed by atoms with Crippen molar-refractivity contribution in [1.82, 2.24) is 5.32 Å². The van der Waals surface area contributed by atoms with E-state index in [1.165, 1.54) is 0 Å². The molecule has 1 N–H and O–H groups in total. The molecule has 0 bridgehead atoms. The summed E-state index contributed by atoms with van der Waals surface area (Å²) >= 11 is 0. The van der Waals surface area contributed by atoms with E-state index >= 15 is 0 Å². The van der Waals surface area contributed by atoms with E-state index in [-0.39, 0.29) is 6.54 Å². The van der Waals surface area contributed by atoms with Gasteiger partial charge in [-0.3, -0.25) is 9.10 Å². The fourth-order valence-corrected chi connectivity index (χ4v) is 3.35. The fourth-order valence-electron chi connectivity index (χ4n) is 2.50. The number of nitrogens with zero attached hydrogens (tertiary/aromatic N) is 1. The molecule has 2 aromatic rings. The van der Waals surface area contributed by atoms with Crippen LogP contribution in [-0.2, 0) is 21.2 Å². The molecule has 6 nitrogen and oxygen atoms in total. The Kier molecular flexibility index (Phi) is 6.73. The number of rotatable bonds is 8. The number of benzene rings is 2. The number of anilines is 1. The molecule has 146 valence electrons. The van der Waals surface area contributed by atoms with Gasteiger partial charge in [0.1, 0.15) is 23.9 Å². The Morgan fingerprint density at radius 3 is 2.52 bits per heavy atom. The van der Waals surface area contributed by atoms with Crippen molar-refractivity contribution in [3.63, 3.8) is 0 Å². The highest BCUT2D eigenvalue weighted by Gasteiger charge is 2.23. The van der Waals surface area contributed by atoms with E-state index in [9.17, 15) is 22.0 Å². The lowest BCUT2D eigenvalue weighted by molar-refractivity contribution is -0.119. The fraction of sp³-hybridized carbons (Fsp3) is 0.278. The molecule has 0 atom stereocenters. The minimum Gasteiger partial charge on any atom is -0.496 e. The van der Waals surface area contributed by atoms with Gasteiger partial charge >= 0.3 is 0 Å². The highest BCUT2D eigenvalue weighted by atomic mass is 32.2. The lowest BCUT2D eigenvalue weighted by Crippen LogP contribution is -2.41. The van der Waals surface area contributed by atoms with Crippen molar-refractivity contribution >= 4 is 21.6 Å². The average molecular weight is 398 g/mol. The number of para-hydroxylation sites is 1. The van der Waals surface area contributed by atoms with Crippen LogP contribution in [0.3, 0.4) is 0 Å². The number of hydrogen-bond acceptors (Lipinski definition) is 4. The third kappa shape index (κ3) is 5.65. The maximum atomic E-state index is 13.9. The van der Waals surface area contributed by atoms with Crippen LogP contribution in [0.2, 0.25) is 0 Å². The Balaban J connectivity index is 2.04. The largest absolute Gasteiger partial charge is 0.496 e. The van der Waals surface area contributed by atoms with Crippen LogP contribution in [-0.4, -0.2) is 40.8 Å². The third-order valence-corrected chi connectivity index (χ3v) is 4.90. The van der Waals surface area contributed by atoms with Gasteiger partial charge in [-0.25, -0.2) is 17.2 Å². The summed E-state index contributed by atoms with van der Waals surface area (Å²) in [5.41, 5.74) is 0.489. The molecule has 0 spiro atoms. The number of amides is 1. The molecule has 0 aliphatic carbocycles. The van der Waals surface area contributed by atoms with Crippen molar-refractivity contribution in [2.75, 3.05) is 30.8 Å². The molecule has 0 fully saturated rings. The predicted octanol–water partition coefficient (Wildman–Crippen LogP) is 2.10. The maximum Gasteiger partial charge on any atom is 0.240 e. The van der Waals surface area contributed by atoms with Gasteiger partial charge in [-0.2, -0.15) is 0 Å². The summed E-state index contributed by atoms with van der Waals surface area (Å²) in [6, 6.07) is 9.77. The molecule has 0 aliphatic rings. The van der Waals surface area contributed by atoms with Crippen molar-refractivity contribution in [2.45, 2.75) is 6.42 Å². The minimum absolute atomic E-state index is 0.239. The van der Waals surface area contributed by atoms with Crippen LogP contribution < -0.4 is 14.4 Å². The molecule has 0 aromatic heterocycles. The minimum atomic E-state index is -3.95. The number of sulfonamides is 1. The van der Waals surface area contributed by atoms with Gasteiger partial charge in [0.25, 0.3) is 0 Å². The van der Waals surface area contributed by atoms with E-state index in [1.54, 1.807) is 13.2 Å². The zero-order valence-electron chi connectivity index (χ0n) is 14.9. The van der Waals surface area contributed by atoms with E-state index in [0.29, 0.717) is 22.5 Å². The third-order valence-electron chi connectivity index (χ3n) is 3.77. The van der Waals surface area contributed by atoms with Crippen LogP contribution in [0.1, 0.15) is 5.56 Å². The molecule has 0 radical (unpaired) electrons. The van der Waals surface area contributed by atoms with Crippen molar-refractivity contribution in [3.8, 4) is 5.75 Å². The number of carbonyl (C=O) groups is 1. The number of ether oxygens (including phenoxy) is 1. The first-order valence-electron chi connectivity index (χ1n) is 8.03. The Morgan fingerprint density at radius 1 is 1.19 bits per heavy atom. The first-order chi connectivity index (χ1) is 12.7. The summed E-state index contributed by atoms with van der Waals surface area (Å²) in [5.74, 6) is -1.84. The highest BCUT2D eigenvalue weighted by molar-refractivity contribution is 7.92. The van der Waals surface area contributed by atoms with E-state index in [4.69, 9.17) is 4.74 Å². The number of halogens is 2. The van der Waals surface area contributed by atoms with Crippen LogP contribution >= 0.6 is 0 Å². The van der Waals surface area contributed by atoms with Gasteiger partial charge in [-0.05, 0) is 30.2 Å². The van der Waals surface area contributed by atoms with Gasteiger partial charge < -0.3 is 10.1 Å². The molecule has 0 saturated heterocycles. The SMILES string of the molecule is COc1ccccc1CCNC(=O)CN(c1ccc(F)cc1F)S(C)(=O)=O. The van der Waals surface area contributed by atoms with Gasteiger partial charge in [0.15, 0.2) is 0 Å². The van der Waals surface area contributed by atoms with Gasteiger partial charge in [-0.15, -0.1) is 0 Å². The van der Waals surface area contributed by atoms with Crippen molar-refractivity contribution in [2.24, 2.45) is 0 Å². The first kappa shape index (κ1) is 20.6. The Morgan fingerprint density at radius 2 is 1.89 bits per heavy atom. The summed E-state index contributed by atoms with van der Waals surface area (Å²) in [6.07, 6.45) is 1.32. The van der Waals surface area contributed by atoms with E-state index in [1.807, 2.05) is 18.2 Å². The van der Waals surface area contributed by atoms with Crippen LogP contribution in [0, 0.1) is 11.6 Å². The van der Waals surface area contributed by atoms with Crippen LogP contribution in [0.25, 0.3) is 0 Å². The second kappa shape index (κ2) is 8.81. The quantitative estimate of drug-likeness (QED) is 0.739. The number of nitrogens with one attached hydrogen (secondary N) is 1. The summed E-state index contributed by atoms with van der Waals surface area (Å²) in [4.78, 5) is 12.2. The second-order valence-corrected chi connectivity index (χ2v) is 7.68.